The van der Waals surface area contributed by atoms with Crippen molar-refractivity contribution in [3.05, 3.63) is 42.4 Å². The van der Waals surface area contributed by atoms with Crippen LogP contribution in [0, 0.1) is 12.8 Å². The monoisotopic (exact) mass is 336 g/mol. The van der Waals surface area contributed by atoms with Crippen molar-refractivity contribution in [1.29, 1.82) is 0 Å². The number of hydrogen-bond acceptors (Lipinski definition) is 4. The molecular formula is C19H20N4O2. The van der Waals surface area contributed by atoms with E-state index in [0.717, 1.165) is 47.3 Å². The van der Waals surface area contributed by atoms with Crippen LogP contribution in [0.5, 0.6) is 0 Å². The Balaban J connectivity index is 1.56. The molecule has 3 aromatic heterocycles. The maximum absolute atomic E-state index is 12.3. The number of hydrogen-bond donors (Lipinski definition) is 2. The van der Waals surface area contributed by atoms with Gasteiger partial charge in [0.25, 0.3) is 0 Å². The lowest BCUT2D eigenvalue weighted by Crippen LogP contribution is -2.30. The lowest BCUT2D eigenvalue weighted by atomic mass is 10.0. The van der Waals surface area contributed by atoms with Crippen LogP contribution in [0.1, 0.15) is 18.5 Å². The van der Waals surface area contributed by atoms with Crippen LogP contribution >= 0.6 is 0 Å². The summed E-state index contributed by atoms with van der Waals surface area (Å²) in [6.07, 6.45) is 5.36. The van der Waals surface area contributed by atoms with Crippen molar-refractivity contribution in [1.82, 2.24) is 15.0 Å². The van der Waals surface area contributed by atoms with Crippen LogP contribution in [-0.4, -0.2) is 34.1 Å². The Morgan fingerprint density at radius 3 is 3.04 bits per heavy atom. The van der Waals surface area contributed by atoms with Gasteiger partial charge in [-0.05, 0) is 38.0 Å². The molecule has 1 amide bonds. The number of carbonyl (C=O) groups is 1. The highest BCUT2D eigenvalue weighted by Crippen LogP contribution is 2.25. The summed E-state index contributed by atoms with van der Waals surface area (Å²) in [5, 5.41) is 3.91. The fraction of sp³-hybridized carbons (Fsp3) is 0.316. The van der Waals surface area contributed by atoms with E-state index in [2.05, 4.69) is 26.3 Å². The lowest BCUT2D eigenvalue weighted by molar-refractivity contribution is -0.123. The predicted molar refractivity (Wildman–Crippen MR) is 96.2 cm³/mol. The van der Waals surface area contributed by atoms with Gasteiger partial charge in [-0.2, -0.15) is 0 Å². The van der Waals surface area contributed by atoms with E-state index >= 15 is 0 Å². The molecule has 0 radical (unpaired) electrons. The second-order valence-electron chi connectivity index (χ2n) is 6.43. The van der Waals surface area contributed by atoms with Gasteiger partial charge in [0, 0.05) is 47.4 Å². The molecule has 1 aliphatic heterocycles. The smallest absolute Gasteiger partial charge is 0.230 e. The van der Waals surface area contributed by atoms with Crippen molar-refractivity contribution in [3.8, 4) is 11.3 Å². The highest BCUT2D eigenvalue weighted by atomic mass is 16.5. The third-order valence-corrected chi connectivity index (χ3v) is 4.49. The molecule has 0 aromatic carbocycles. The molecule has 1 atom stereocenters. The number of H-pyrrole nitrogens is 1. The summed E-state index contributed by atoms with van der Waals surface area (Å²) < 4.78 is 5.38. The summed E-state index contributed by atoms with van der Waals surface area (Å²) in [6, 6.07) is 7.92. The normalized spacial score (nSPS) is 17.6. The fourth-order valence-electron chi connectivity index (χ4n) is 3.14. The first-order valence-electron chi connectivity index (χ1n) is 8.49. The molecule has 1 aliphatic rings. The number of fused-ring (bicyclic) bond motifs is 1. The van der Waals surface area contributed by atoms with Crippen molar-refractivity contribution < 1.29 is 9.53 Å². The van der Waals surface area contributed by atoms with Gasteiger partial charge in [0.1, 0.15) is 5.82 Å². The van der Waals surface area contributed by atoms with E-state index in [1.54, 1.807) is 12.4 Å². The molecule has 1 fully saturated rings. The van der Waals surface area contributed by atoms with Gasteiger partial charge in [0.05, 0.1) is 18.0 Å². The van der Waals surface area contributed by atoms with Crippen LogP contribution in [0.3, 0.4) is 0 Å². The molecule has 4 rings (SSSR count). The maximum atomic E-state index is 12.3. The SMILES string of the molecule is Cc1cc(-c2cc3cnc(NC(=O)C4CCCOC4)cc3[nH]2)ccn1. The number of aryl methyl sites for hydroxylation is 1. The zero-order valence-electron chi connectivity index (χ0n) is 14.1. The van der Waals surface area contributed by atoms with Crippen LogP contribution in [0.4, 0.5) is 5.82 Å². The van der Waals surface area contributed by atoms with Gasteiger partial charge in [0.2, 0.25) is 5.91 Å². The van der Waals surface area contributed by atoms with Crippen LogP contribution in [0.25, 0.3) is 22.2 Å². The molecule has 0 aliphatic carbocycles. The molecule has 128 valence electrons. The molecule has 0 spiro atoms. The Morgan fingerprint density at radius 1 is 1.32 bits per heavy atom. The Bertz CT molecular complexity index is 913. The van der Waals surface area contributed by atoms with E-state index in [4.69, 9.17) is 4.74 Å². The van der Waals surface area contributed by atoms with Crippen LogP contribution in [0.15, 0.2) is 36.7 Å². The molecule has 0 saturated carbocycles. The molecule has 1 saturated heterocycles. The highest BCUT2D eigenvalue weighted by molar-refractivity contribution is 5.94. The average molecular weight is 336 g/mol. The largest absolute Gasteiger partial charge is 0.381 e. The summed E-state index contributed by atoms with van der Waals surface area (Å²) in [7, 11) is 0. The predicted octanol–water partition coefficient (Wildman–Crippen LogP) is 3.30. The molecule has 6 nitrogen and oxygen atoms in total. The zero-order valence-corrected chi connectivity index (χ0v) is 14.1. The Morgan fingerprint density at radius 2 is 2.24 bits per heavy atom. The standard InChI is InChI=1S/C19H20N4O2/c1-12-7-13(4-5-20-12)16-8-15-10-21-18(9-17(15)22-16)23-19(24)14-3-2-6-25-11-14/h4-5,7-10,14,22H,2-3,6,11H2,1H3,(H,21,23,24). The second-order valence-corrected chi connectivity index (χ2v) is 6.43. The second kappa shape index (κ2) is 6.64. The van der Waals surface area contributed by atoms with Crippen LogP contribution in [0.2, 0.25) is 0 Å². The van der Waals surface area contributed by atoms with Crippen molar-refractivity contribution in [3.63, 3.8) is 0 Å². The van der Waals surface area contributed by atoms with E-state index in [1.807, 2.05) is 25.1 Å². The summed E-state index contributed by atoms with van der Waals surface area (Å²) in [5.41, 5.74) is 3.99. The Labute approximate surface area is 145 Å². The number of aromatic nitrogens is 3. The molecule has 1 unspecified atom stereocenters. The molecule has 2 N–H and O–H groups in total. The van der Waals surface area contributed by atoms with Gasteiger partial charge in [-0.15, -0.1) is 0 Å². The molecule has 6 heteroatoms. The van der Waals surface area contributed by atoms with E-state index in [0.29, 0.717) is 12.4 Å². The van der Waals surface area contributed by atoms with Gasteiger partial charge in [-0.1, -0.05) is 0 Å². The van der Waals surface area contributed by atoms with E-state index in [-0.39, 0.29) is 11.8 Å². The van der Waals surface area contributed by atoms with Crippen molar-refractivity contribution >= 4 is 22.6 Å². The van der Waals surface area contributed by atoms with Gasteiger partial charge >= 0.3 is 0 Å². The van der Waals surface area contributed by atoms with E-state index in [9.17, 15) is 4.79 Å². The van der Waals surface area contributed by atoms with Crippen LogP contribution < -0.4 is 5.32 Å². The molecule has 3 aromatic rings. The first-order chi connectivity index (χ1) is 12.2. The van der Waals surface area contributed by atoms with Gasteiger partial charge in [-0.3, -0.25) is 9.78 Å². The summed E-state index contributed by atoms with van der Waals surface area (Å²) in [6.45, 7) is 3.20. The minimum atomic E-state index is -0.0924. The Kier molecular flexibility index (Phi) is 4.19. The number of ether oxygens (including phenoxy) is 1. The fourth-order valence-corrected chi connectivity index (χ4v) is 3.14. The quantitative estimate of drug-likeness (QED) is 0.769. The molecule has 25 heavy (non-hydrogen) atoms. The number of amides is 1. The number of pyridine rings is 2. The number of nitrogens with one attached hydrogen (secondary N) is 2. The first-order valence-corrected chi connectivity index (χ1v) is 8.49. The molecule has 4 heterocycles. The topological polar surface area (TPSA) is 79.9 Å². The van der Waals surface area contributed by atoms with Crippen molar-refractivity contribution in [2.45, 2.75) is 19.8 Å². The van der Waals surface area contributed by atoms with Gasteiger partial charge < -0.3 is 15.0 Å². The number of nitrogens with zero attached hydrogens (tertiary/aromatic N) is 2. The summed E-state index contributed by atoms with van der Waals surface area (Å²) >= 11 is 0. The maximum Gasteiger partial charge on any atom is 0.230 e. The number of carbonyl (C=O) groups excluding carboxylic acids is 1. The average Bonchev–Trinajstić information content (AvgIpc) is 3.06. The summed E-state index contributed by atoms with van der Waals surface area (Å²) in [4.78, 5) is 24.3. The van der Waals surface area contributed by atoms with Gasteiger partial charge in [0.15, 0.2) is 0 Å². The number of aromatic amines is 1. The van der Waals surface area contributed by atoms with Gasteiger partial charge in [-0.25, -0.2) is 4.98 Å². The summed E-state index contributed by atoms with van der Waals surface area (Å²) in [5.74, 6) is 0.440. The number of rotatable bonds is 3. The van der Waals surface area contributed by atoms with E-state index < -0.39 is 0 Å². The lowest BCUT2D eigenvalue weighted by Gasteiger charge is -2.20. The molecule has 0 bridgehead atoms. The highest BCUT2D eigenvalue weighted by Gasteiger charge is 2.22. The number of anilines is 1. The minimum absolute atomic E-state index is 0.0249. The third kappa shape index (κ3) is 3.39. The van der Waals surface area contributed by atoms with E-state index in [1.165, 1.54) is 0 Å². The zero-order chi connectivity index (χ0) is 17.2. The van der Waals surface area contributed by atoms with Crippen molar-refractivity contribution in [2.24, 2.45) is 5.92 Å². The minimum Gasteiger partial charge on any atom is -0.381 e. The van der Waals surface area contributed by atoms with Crippen molar-refractivity contribution in [2.75, 3.05) is 18.5 Å². The Hall–Kier alpha value is -2.73. The first kappa shape index (κ1) is 15.8. The third-order valence-electron chi connectivity index (χ3n) is 4.49. The van der Waals surface area contributed by atoms with Crippen LogP contribution in [-0.2, 0) is 9.53 Å². The molecular weight excluding hydrogens is 316 g/mol.